The van der Waals surface area contributed by atoms with E-state index in [0.29, 0.717) is 11.3 Å². The van der Waals surface area contributed by atoms with Crippen LogP contribution in [0.5, 0.6) is 5.75 Å². The molecule has 3 nitrogen and oxygen atoms in total. The van der Waals surface area contributed by atoms with Gasteiger partial charge >= 0.3 is 121 Å². The van der Waals surface area contributed by atoms with E-state index in [9.17, 15) is 18.0 Å². The van der Waals surface area contributed by atoms with Gasteiger partial charge in [0.1, 0.15) is 0 Å². The van der Waals surface area contributed by atoms with Crippen LogP contribution in [0.1, 0.15) is 23.7 Å². The van der Waals surface area contributed by atoms with Crippen molar-refractivity contribution >= 4 is 20.9 Å². The van der Waals surface area contributed by atoms with Crippen molar-refractivity contribution in [3.63, 3.8) is 0 Å². The van der Waals surface area contributed by atoms with Crippen molar-refractivity contribution in [1.29, 1.82) is 0 Å². The van der Waals surface area contributed by atoms with Crippen LogP contribution in [0.3, 0.4) is 0 Å². The van der Waals surface area contributed by atoms with E-state index >= 15 is 0 Å². The molecule has 0 fully saturated rings. The van der Waals surface area contributed by atoms with Gasteiger partial charge in [-0.15, -0.1) is 0 Å². The molecule has 1 aromatic rings. The van der Waals surface area contributed by atoms with E-state index < -0.39 is 30.8 Å². The second-order valence-electron chi connectivity index (χ2n) is 3.83. The number of ether oxygens (including phenoxy) is 2. The predicted molar refractivity (Wildman–Crippen MR) is 68.8 cm³/mol. The standard InChI is InChI=1S/C13H15F3O3Se/c1-3-19-12(17)8-11(20-13(14,15)16)9-4-6-10(18-2)7-5-9/h4-7,11H,3,8H2,1-2H3. The van der Waals surface area contributed by atoms with Crippen molar-refractivity contribution in [1.82, 2.24) is 0 Å². The molecule has 1 rings (SSSR count). The molecular weight excluding hydrogens is 340 g/mol. The van der Waals surface area contributed by atoms with Gasteiger partial charge in [-0.3, -0.25) is 0 Å². The summed E-state index contributed by atoms with van der Waals surface area (Å²) in [6.45, 7) is 1.78. The van der Waals surface area contributed by atoms with Gasteiger partial charge in [-0.25, -0.2) is 0 Å². The molecule has 7 heteroatoms. The van der Waals surface area contributed by atoms with Crippen LogP contribution < -0.4 is 4.74 Å². The fourth-order valence-corrected chi connectivity index (χ4v) is 3.33. The van der Waals surface area contributed by atoms with E-state index in [1.165, 1.54) is 7.11 Å². The molecule has 0 aliphatic carbocycles. The zero-order chi connectivity index (χ0) is 15.2. The third-order valence-electron chi connectivity index (χ3n) is 2.42. The van der Waals surface area contributed by atoms with E-state index in [1.54, 1.807) is 31.2 Å². The van der Waals surface area contributed by atoms with Crippen molar-refractivity contribution in [3.8, 4) is 5.75 Å². The molecular formula is C13H15F3O3Se. The van der Waals surface area contributed by atoms with Crippen molar-refractivity contribution in [2.45, 2.75) is 23.2 Å². The third-order valence-corrected chi connectivity index (χ3v) is 4.50. The summed E-state index contributed by atoms with van der Waals surface area (Å²) in [7, 11) is 1.48. The SMILES string of the molecule is CCOC(=O)CC([Se]C(F)(F)F)c1ccc(OC)cc1. The number of hydrogen-bond donors (Lipinski definition) is 0. The van der Waals surface area contributed by atoms with Gasteiger partial charge in [0.15, 0.2) is 0 Å². The zero-order valence-electron chi connectivity index (χ0n) is 11.1. The maximum absolute atomic E-state index is 12.6. The molecule has 1 atom stereocenters. The van der Waals surface area contributed by atoms with Gasteiger partial charge in [0.2, 0.25) is 0 Å². The zero-order valence-corrected chi connectivity index (χ0v) is 12.8. The van der Waals surface area contributed by atoms with Crippen LogP contribution in [0.4, 0.5) is 13.2 Å². The summed E-state index contributed by atoms with van der Waals surface area (Å²) < 4.78 is 47.6. The molecule has 0 spiro atoms. The second kappa shape index (κ2) is 7.55. The normalized spacial score (nSPS) is 12.8. The molecule has 0 aromatic heterocycles. The van der Waals surface area contributed by atoms with Crippen molar-refractivity contribution in [2.75, 3.05) is 13.7 Å². The van der Waals surface area contributed by atoms with Crippen LogP contribution >= 0.6 is 0 Å². The summed E-state index contributed by atoms with van der Waals surface area (Å²) in [6.07, 6.45) is -0.264. The Balaban J connectivity index is 2.87. The van der Waals surface area contributed by atoms with Crippen LogP contribution in [0.2, 0.25) is 0 Å². The molecule has 20 heavy (non-hydrogen) atoms. The van der Waals surface area contributed by atoms with E-state index in [4.69, 9.17) is 9.47 Å². The molecule has 0 amide bonds. The minimum atomic E-state index is -4.27. The second-order valence-corrected chi connectivity index (χ2v) is 6.49. The summed E-state index contributed by atoms with van der Waals surface area (Å²) in [5.74, 6) is -0.0532. The van der Waals surface area contributed by atoms with Gasteiger partial charge in [0.25, 0.3) is 0 Å². The molecule has 0 bridgehead atoms. The molecule has 112 valence electrons. The number of carbonyl (C=O) groups excluding carboxylic acids is 1. The van der Waals surface area contributed by atoms with Gasteiger partial charge in [-0.05, 0) is 0 Å². The fourth-order valence-electron chi connectivity index (χ4n) is 1.58. The molecule has 0 aliphatic heterocycles. The Morgan fingerprint density at radius 3 is 2.35 bits per heavy atom. The van der Waals surface area contributed by atoms with E-state index in [1.807, 2.05) is 0 Å². The monoisotopic (exact) mass is 356 g/mol. The van der Waals surface area contributed by atoms with E-state index in [0.717, 1.165) is 0 Å². The van der Waals surface area contributed by atoms with Gasteiger partial charge in [0, 0.05) is 0 Å². The molecule has 0 saturated heterocycles. The quantitative estimate of drug-likeness (QED) is 0.582. The van der Waals surface area contributed by atoms with Gasteiger partial charge in [-0.2, -0.15) is 0 Å². The van der Waals surface area contributed by atoms with Gasteiger partial charge in [-0.1, -0.05) is 0 Å². The molecule has 0 N–H and O–H groups in total. The Labute approximate surface area is 121 Å². The van der Waals surface area contributed by atoms with Crippen LogP contribution in [-0.4, -0.2) is 39.7 Å². The van der Waals surface area contributed by atoms with Crippen molar-refractivity contribution < 1.29 is 27.4 Å². The Morgan fingerprint density at radius 1 is 1.30 bits per heavy atom. The molecule has 0 aliphatic rings. The first-order chi connectivity index (χ1) is 9.35. The molecule has 1 aromatic carbocycles. The Kier molecular flexibility index (Phi) is 6.36. The average Bonchev–Trinajstić information content (AvgIpc) is 2.37. The number of methoxy groups -OCH3 is 1. The third kappa shape index (κ3) is 5.84. The summed E-state index contributed by atoms with van der Waals surface area (Å²) in [6, 6.07) is 6.27. The number of benzene rings is 1. The average molecular weight is 355 g/mol. The number of hydrogen-bond acceptors (Lipinski definition) is 3. The van der Waals surface area contributed by atoms with Crippen LogP contribution in [0.15, 0.2) is 24.3 Å². The van der Waals surface area contributed by atoms with Crippen molar-refractivity contribution in [3.05, 3.63) is 29.8 Å². The predicted octanol–water partition coefficient (Wildman–Crippen LogP) is 2.91. The first-order valence-electron chi connectivity index (χ1n) is 5.90. The molecule has 0 radical (unpaired) electrons. The number of carbonyl (C=O) groups is 1. The Bertz CT molecular complexity index is 431. The van der Waals surface area contributed by atoms with Crippen LogP contribution in [0, 0.1) is 0 Å². The summed E-state index contributed by atoms with van der Waals surface area (Å²) >= 11 is -1.69. The summed E-state index contributed by atoms with van der Waals surface area (Å²) in [5, 5.41) is -4.27. The molecule has 1 unspecified atom stereocenters. The first kappa shape index (κ1) is 16.9. The van der Waals surface area contributed by atoms with Crippen LogP contribution in [-0.2, 0) is 9.53 Å². The maximum atomic E-state index is 12.6. The Morgan fingerprint density at radius 2 is 1.90 bits per heavy atom. The number of alkyl halides is 3. The number of esters is 1. The van der Waals surface area contributed by atoms with Crippen molar-refractivity contribution in [2.24, 2.45) is 0 Å². The topological polar surface area (TPSA) is 35.5 Å². The molecule has 0 heterocycles. The van der Waals surface area contributed by atoms with E-state index in [-0.39, 0.29) is 13.0 Å². The minimum absolute atomic E-state index is 0.160. The number of rotatable bonds is 6. The van der Waals surface area contributed by atoms with Gasteiger partial charge < -0.3 is 0 Å². The molecule has 0 saturated carbocycles. The van der Waals surface area contributed by atoms with Crippen LogP contribution in [0.25, 0.3) is 0 Å². The number of halogens is 3. The van der Waals surface area contributed by atoms with Gasteiger partial charge in [0.05, 0.1) is 0 Å². The summed E-state index contributed by atoms with van der Waals surface area (Å²) in [5.41, 5.74) is 0.469. The van der Waals surface area contributed by atoms with E-state index in [2.05, 4.69) is 0 Å². The first-order valence-corrected chi connectivity index (χ1v) is 7.74. The summed E-state index contributed by atoms with van der Waals surface area (Å²) in [4.78, 5) is 10.5. The Hall–Kier alpha value is -1.20. The fraction of sp³-hybridized carbons (Fsp3) is 0.462.